The first-order valence-corrected chi connectivity index (χ1v) is 7.02. The number of nitrogens with zero attached hydrogens (tertiary/aromatic N) is 2. The van der Waals surface area contributed by atoms with Crippen LogP contribution in [-0.2, 0) is 4.79 Å². The fourth-order valence-electron chi connectivity index (χ4n) is 1.93. The predicted octanol–water partition coefficient (Wildman–Crippen LogP) is 2.11. The van der Waals surface area contributed by atoms with Crippen molar-refractivity contribution in [3.63, 3.8) is 0 Å². The third-order valence-corrected chi connectivity index (χ3v) is 3.16. The molecule has 0 radical (unpaired) electrons. The number of carbonyl (C=O) groups is 2. The Balaban J connectivity index is 2.06. The van der Waals surface area contributed by atoms with Gasteiger partial charge in [0, 0.05) is 24.0 Å². The van der Waals surface area contributed by atoms with Crippen molar-refractivity contribution in [2.75, 3.05) is 0 Å². The standard InChI is InChI=1S/C15H17N3O4/c1-2-3-4-11(15(20)21)17-14(19)12-9-13(22-18-12)10-5-7-16-8-6-10/h5-9,11H,2-4H2,1H3,(H,17,19)(H,20,21)/t11-/m0/s1. The fourth-order valence-corrected chi connectivity index (χ4v) is 1.93. The number of unbranched alkanes of at least 4 members (excludes halogenated alkanes) is 1. The molecule has 1 atom stereocenters. The van der Waals surface area contributed by atoms with Crippen molar-refractivity contribution in [2.24, 2.45) is 0 Å². The molecule has 2 N–H and O–H groups in total. The molecule has 0 aromatic carbocycles. The van der Waals surface area contributed by atoms with Gasteiger partial charge in [-0.15, -0.1) is 0 Å². The van der Waals surface area contributed by atoms with Gasteiger partial charge in [0.05, 0.1) is 0 Å². The van der Waals surface area contributed by atoms with E-state index in [-0.39, 0.29) is 5.69 Å². The maximum atomic E-state index is 12.1. The molecular weight excluding hydrogens is 286 g/mol. The van der Waals surface area contributed by atoms with E-state index in [1.807, 2.05) is 6.92 Å². The van der Waals surface area contributed by atoms with Gasteiger partial charge < -0.3 is 14.9 Å². The molecule has 0 fully saturated rings. The molecule has 0 aliphatic heterocycles. The Hall–Kier alpha value is -2.70. The van der Waals surface area contributed by atoms with Gasteiger partial charge in [0.15, 0.2) is 11.5 Å². The van der Waals surface area contributed by atoms with Gasteiger partial charge in [0.2, 0.25) is 0 Å². The Bertz CT molecular complexity index is 639. The summed E-state index contributed by atoms with van der Waals surface area (Å²) in [6, 6.07) is 4.00. The summed E-state index contributed by atoms with van der Waals surface area (Å²) in [5.74, 6) is -1.19. The molecule has 2 rings (SSSR count). The minimum absolute atomic E-state index is 0.0505. The molecule has 2 heterocycles. The number of amides is 1. The zero-order chi connectivity index (χ0) is 15.9. The van der Waals surface area contributed by atoms with Gasteiger partial charge in [-0.2, -0.15) is 0 Å². The molecule has 2 aromatic heterocycles. The minimum atomic E-state index is -1.06. The molecular formula is C15H17N3O4. The highest BCUT2D eigenvalue weighted by Gasteiger charge is 2.22. The monoisotopic (exact) mass is 303 g/mol. The smallest absolute Gasteiger partial charge is 0.326 e. The van der Waals surface area contributed by atoms with Gasteiger partial charge in [-0.05, 0) is 18.6 Å². The van der Waals surface area contributed by atoms with Crippen LogP contribution in [0.3, 0.4) is 0 Å². The van der Waals surface area contributed by atoms with E-state index in [0.29, 0.717) is 12.2 Å². The molecule has 0 aliphatic carbocycles. The van der Waals surface area contributed by atoms with E-state index in [9.17, 15) is 9.59 Å². The summed E-state index contributed by atoms with van der Waals surface area (Å²) in [6.45, 7) is 1.96. The normalized spacial score (nSPS) is 11.9. The fraction of sp³-hybridized carbons (Fsp3) is 0.333. The van der Waals surface area contributed by atoms with Crippen molar-refractivity contribution in [1.82, 2.24) is 15.5 Å². The van der Waals surface area contributed by atoms with Crippen LogP contribution in [0.15, 0.2) is 35.1 Å². The molecule has 0 aliphatic rings. The van der Waals surface area contributed by atoms with Crippen molar-refractivity contribution < 1.29 is 19.2 Å². The average Bonchev–Trinajstić information content (AvgIpc) is 3.02. The Morgan fingerprint density at radius 1 is 1.36 bits per heavy atom. The number of hydrogen-bond acceptors (Lipinski definition) is 5. The first-order valence-electron chi connectivity index (χ1n) is 7.02. The van der Waals surface area contributed by atoms with Gasteiger partial charge >= 0.3 is 5.97 Å². The molecule has 0 unspecified atom stereocenters. The van der Waals surface area contributed by atoms with Crippen LogP contribution in [0, 0.1) is 0 Å². The second-order valence-corrected chi connectivity index (χ2v) is 4.82. The highest BCUT2D eigenvalue weighted by Crippen LogP contribution is 2.19. The van der Waals surface area contributed by atoms with Crippen molar-refractivity contribution in [1.29, 1.82) is 0 Å². The summed E-state index contributed by atoms with van der Waals surface area (Å²) in [5.41, 5.74) is 0.789. The van der Waals surface area contributed by atoms with Crippen LogP contribution in [0.1, 0.15) is 36.7 Å². The quantitative estimate of drug-likeness (QED) is 0.811. The molecule has 0 spiro atoms. The zero-order valence-electron chi connectivity index (χ0n) is 12.2. The molecule has 7 nitrogen and oxygen atoms in total. The largest absolute Gasteiger partial charge is 0.480 e. The number of rotatable bonds is 7. The van der Waals surface area contributed by atoms with Crippen LogP contribution < -0.4 is 5.32 Å². The van der Waals surface area contributed by atoms with E-state index >= 15 is 0 Å². The molecule has 0 saturated heterocycles. The number of aliphatic carboxylic acids is 1. The third-order valence-electron chi connectivity index (χ3n) is 3.16. The first kappa shape index (κ1) is 15.7. The van der Waals surface area contributed by atoms with Crippen LogP contribution >= 0.6 is 0 Å². The highest BCUT2D eigenvalue weighted by atomic mass is 16.5. The van der Waals surface area contributed by atoms with Crippen LogP contribution in [0.4, 0.5) is 0 Å². The van der Waals surface area contributed by atoms with Crippen molar-refractivity contribution >= 4 is 11.9 Å². The Labute approximate surface area is 127 Å². The lowest BCUT2D eigenvalue weighted by molar-refractivity contribution is -0.139. The number of carbonyl (C=O) groups excluding carboxylic acids is 1. The number of pyridine rings is 1. The number of nitrogens with one attached hydrogen (secondary N) is 1. The molecule has 0 bridgehead atoms. The molecule has 1 amide bonds. The zero-order valence-corrected chi connectivity index (χ0v) is 12.2. The lowest BCUT2D eigenvalue weighted by atomic mass is 10.1. The Morgan fingerprint density at radius 3 is 2.73 bits per heavy atom. The topological polar surface area (TPSA) is 105 Å². The number of carboxylic acid groups (broad SMARTS) is 1. The van der Waals surface area contributed by atoms with E-state index in [1.54, 1.807) is 24.5 Å². The van der Waals surface area contributed by atoms with Gasteiger partial charge in [-0.1, -0.05) is 24.9 Å². The maximum Gasteiger partial charge on any atom is 0.326 e. The number of aromatic nitrogens is 2. The SMILES string of the molecule is CCCC[C@H](NC(=O)c1cc(-c2ccncc2)on1)C(=O)O. The van der Waals surface area contributed by atoms with Crippen molar-refractivity contribution in [3.05, 3.63) is 36.3 Å². The molecule has 7 heteroatoms. The van der Waals surface area contributed by atoms with Crippen LogP contribution in [-0.4, -0.2) is 33.2 Å². The Morgan fingerprint density at radius 2 is 2.09 bits per heavy atom. The summed E-state index contributed by atoms with van der Waals surface area (Å²) >= 11 is 0. The summed E-state index contributed by atoms with van der Waals surface area (Å²) in [5, 5.41) is 15.3. The van der Waals surface area contributed by atoms with Gasteiger partial charge in [0.1, 0.15) is 6.04 Å². The summed E-state index contributed by atoms with van der Waals surface area (Å²) < 4.78 is 5.11. The Kier molecular flexibility index (Phi) is 5.24. The van der Waals surface area contributed by atoms with E-state index in [4.69, 9.17) is 9.63 Å². The molecule has 116 valence electrons. The second kappa shape index (κ2) is 7.35. The summed E-state index contributed by atoms with van der Waals surface area (Å²) in [6.07, 6.45) is 5.16. The molecule has 0 saturated carbocycles. The van der Waals surface area contributed by atoms with Crippen LogP contribution in [0.25, 0.3) is 11.3 Å². The second-order valence-electron chi connectivity index (χ2n) is 4.82. The van der Waals surface area contributed by atoms with E-state index in [2.05, 4.69) is 15.5 Å². The van der Waals surface area contributed by atoms with Gasteiger partial charge in [-0.25, -0.2) is 4.79 Å². The minimum Gasteiger partial charge on any atom is -0.480 e. The molecule has 2 aromatic rings. The van der Waals surface area contributed by atoms with Crippen LogP contribution in [0.5, 0.6) is 0 Å². The average molecular weight is 303 g/mol. The van der Waals surface area contributed by atoms with E-state index in [1.165, 1.54) is 6.07 Å². The summed E-state index contributed by atoms with van der Waals surface area (Å²) in [4.78, 5) is 27.1. The first-order chi connectivity index (χ1) is 10.6. The van der Waals surface area contributed by atoms with E-state index < -0.39 is 17.9 Å². The lowest BCUT2D eigenvalue weighted by Crippen LogP contribution is -2.40. The van der Waals surface area contributed by atoms with Crippen LogP contribution in [0.2, 0.25) is 0 Å². The van der Waals surface area contributed by atoms with Gasteiger partial charge in [-0.3, -0.25) is 9.78 Å². The number of hydrogen-bond donors (Lipinski definition) is 2. The maximum absolute atomic E-state index is 12.1. The van der Waals surface area contributed by atoms with Crippen molar-refractivity contribution in [2.45, 2.75) is 32.2 Å². The number of carboxylic acids is 1. The third kappa shape index (κ3) is 3.91. The lowest BCUT2D eigenvalue weighted by Gasteiger charge is -2.12. The molecule has 22 heavy (non-hydrogen) atoms. The van der Waals surface area contributed by atoms with Gasteiger partial charge in [0.25, 0.3) is 5.91 Å². The summed E-state index contributed by atoms with van der Waals surface area (Å²) in [7, 11) is 0. The van der Waals surface area contributed by atoms with Crippen molar-refractivity contribution in [3.8, 4) is 11.3 Å². The highest BCUT2D eigenvalue weighted by molar-refractivity contribution is 5.95. The predicted molar refractivity (Wildman–Crippen MR) is 78.1 cm³/mol. The van der Waals surface area contributed by atoms with E-state index in [0.717, 1.165) is 18.4 Å².